The van der Waals surface area contributed by atoms with Crippen molar-refractivity contribution < 1.29 is 8.42 Å². The first kappa shape index (κ1) is 13.6. The third-order valence-electron chi connectivity index (χ3n) is 2.75. The van der Waals surface area contributed by atoms with Crippen molar-refractivity contribution in [3.05, 3.63) is 42.2 Å². The molecule has 0 amide bonds. The zero-order valence-electron chi connectivity index (χ0n) is 10.6. The van der Waals surface area contributed by atoms with Gasteiger partial charge in [0.2, 0.25) is 10.0 Å². The molecule has 2 aromatic rings. The fourth-order valence-electron chi connectivity index (χ4n) is 1.60. The van der Waals surface area contributed by atoms with Crippen molar-refractivity contribution in [2.75, 3.05) is 12.3 Å². The Morgan fingerprint density at radius 2 is 2.21 bits per heavy atom. The number of aryl methyl sites for hydroxylation is 1. The number of nitrogens with two attached hydrogens (primary N) is 1. The number of aromatic nitrogens is 2. The highest BCUT2D eigenvalue weighted by molar-refractivity contribution is 7.89. The Bertz CT molecular complexity index is 650. The summed E-state index contributed by atoms with van der Waals surface area (Å²) in [5, 5.41) is 4.00. The molecule has 1 aromatic carbocycles. The molecule has 0 radical (unpaired) electrons. The van der Waals surface area contributed by atoms with Gasteiger partial charge in [0.25, 0.3) is 0 Å². The molecule has 0 aliphatic rings. The highest BCUT2D eigenvalue weighted by Crippen LogP contribution is 2.16. The smallest absolute Gasteiger partial charge is 0.240 e. The minimum Gasteiger partial charge on any atom is -0.398 e. The molecule has 3 N–H and O–H groups in total. The average Bonchev–Trinajstić information content (AvgIpc) is 2.85. The summed E-state index contributed by atoms with van der Waals surface area (Å²) in [6, 6.07) is 6.49. The second-order valence-electron chi connectivity index (χ2n) is 4.19. The van der Waals surface area contributed by atoms with Gasteiger partial charge in [-0.05, 0) is 30.7 Å². The number of hydrogen-bond donors (Lipinski definition) is 2. The molecule has 102 valence electrons. The van der Waals surface area contributed by atoms with E-state index in [-0.39, 0.29) is 11.4 Å². The number of benzene rings is 1. The van der Waals surface area contributed by atoms with E-state index in [1.54, 1.807) is 35.3 Å². The summed E-state index contributed by atoms with van der Waals surface area (Å²) in [4.78, 5) is 0.177. The molecule has 1 heterocycles. The first-order valence-electron chi connectivity index (χ1n) is 5.82. The number of anilines is 1. The lowest BCUT2D eigenvalue weighted by Gasteiger charge is -2.08. The Morgan fingerprint density at radius 3 is 2.84 bits per heavy atom. The summed E-state index contributed by atoms with van der Waals surface area (Å²) in [6.07, 6.45) is 3.42. The van der Waals surface area contributed by atoms with Gasteiger partial charge < -0.3 is 5.73 Å². The Hall–Kier alpha value is -1.86. The number of nitrogens with zero attached hydrogens (tertiary/aromatic N) is 2. The van der Waals surface area contributed by atoms with Crippen LogP contribution >= 0.6 is 0 Å². The van der Waals surface area contributed by atoms with Gasteiger partial charge in [0, 0.05) is 24.6 Å². The highest BCUT2D eigenvalue weighted by Gasteiger charge is 2.14. The average molecular weight is 280 g/mol. The Balaban J connectivity index is 2.03. The van der Waals surface area contributed by atoms with Crippen LogP contribution in [-0.2, 0) is 16.6 Å². The van der Waals surface area contributed by atoms with Crippen LogP contribution in [0.15, 0.2) is 41.6 Å². The van der Waals surface area contributed by atoms with Crippen molar-refractivity contribution in [2.24, 2.45) is 0 Å². The largest absolute Gasteiger partial charge is 0.398 e. The molecule has 6 nitrogen and oxygen atoms in total. The molecule has 0 aliphatic heterocycles. The van der Waals surface area contributed by atoms with Gasteiger partial charge >= 0.3 is 0 Å². The zero-order valence-corrected chi connectivity index (χ0v) is 11.4. The van der Waals surface area contributed by atoms with Crippen LogP contribution in [0.5, 0.6) is 0 Å². The highest BCUT2D eigenvalue weighted by atomic mass is 32.2. The number of sulfonamides is 1. The van der Waals surface area contributed by atoms with Crippen molar-refractivity contribution in [2.45, 2.75) is 18.4 Å². The van der Waals surface area contributed by atoms with Gasteiger partial charge in [0.15, 0.2) is 0 Å². The Morgan fingerprint density at radius 1 is 1.42 bits per heavy atom. The quantitative estimate of drug-likeness (QED) is 0.791. The van der Waals surface area contributed by atoms with Gasteiger partial charge in [0.05, 0.1) is 11.4 Å². The summed E-state index contributed by atoms with van der Waals surface area (Å²) in [5.74, 6) is 0. The van der Waals surface area contributed by atoms with Crippen molar-refractivity contribution in [1.82, 2.24) is 14.5 Å². The molecule has 7 heteroatoms. The second-order valence-corrected chi connectivity index (χ2v) is 5.95. The summed E-state index contributed by atoms with van der Waals surface area (Å²) >= 11 is 0. The Labute approximate surface area is 112 Å². The van der Waals surface area contributed by atoms with E-state index < -0.39 is 10.0 Å². The first-order valence-corrected chi connectivity index (χ1v) is 7.30. The minimum atomic E-state index is -3.52. The van der Waals surface area contributed by atoms with E-state index in [9.17, 15) is 8.42 Å². The van der Waals surface area contributed by atoms with Gasteiger partial charge in [-0.25, -0.2) is 13.1 Å². The normalized spacial score (nSPS) is 11.6. The fraction of sp³-hybridized carbons (Fsp3) is 0.250. The van der Waals surface area contributed by atoms with Crippen LogP contribution in [0.4, 0.5) is 5.69 Å². The maximum atomic E-state index is 12.0. The summed E-state index contributed by atoms with van der Waals surface area (Å²) < 4.78 is 28.2. The van der Waals surface area contributed by atoms with Crippen LogP contribution in [0.25, 0.3) is 0 Å². The molecule has 1 aromatic heterocycles. The van der Waals surface area contributed by atoms with Gasteiger partial charge in [-0.15, -0.1) is 0 Å². The minimum absolute atomic E-state index is 0.177. The lowest BCUT2D eigenvalue weighted by molar-refractivity contribution is 0.561. The molecular formula is C12H16N4O2S. The molecule has 19 heavy (non-hydrogen) atoms. The molecule has 0 spiro atoms. The fourth-order valence-corrected chi connectivity index (χ4v) is 2.65. The van der Waals surface area contributed by atoms with E-state index in [1.807, 2.05) is 6.92 Å². The number of nitrogen functional groups attached to an aromatic ring is 1. The number of nitrogens with one attached hydrogen (secondary N) is 1. The van der Waals surface area contributed by atoms with Gasteiger partial charge in [-0.2, -0.15) is 5.10 Å². The van der Waals surface area contributed by atoms with Crippen molar-refractivity contribution in [1.29, 1.82) is 0 Å². The van der Waals surface area contributed by atoms with Crippen molar-refractivity contribution >= 4 is 15.7 Å². The van der Waals surface area contributed by atoms with E-state index in [1.165, 1.54) is 6.07 Å². The lowest BCUT2D eigenvalue weighted by Crippen LogP contribution is -2.27. The van der Waals surface area contributed by atoms with Gasteiger partial charge in [-0.3, -0.25) is 4.68 Å². The molecule has 0 aliphatic carbocycles. The molecule has 0 bridgehead atoms. The van der Waals surface area contributed by atoms with E-state index in [2.05, 4.69) is 9.82 Å². The van der Waals surface area contributed by atoms with Crippen LogP contribution in [0.1, 0.15) is 5.56 Å². The van der Waals surface area contributed by atoms with Crippen LogP contribution in [0.3, 0.4) is 0 Å². The standard InChI is InChI=1S/C12H16N4O2S/c1-10-3-4-11(9-12(10)13)19(17,18)15-6-8-16-7-2-5-14-16/h2-5,7,9,15H,6,8,13H2,1H3. The predicted octanol–water partition coefficient (Wildman–Crippen LogP) is 0.752. The SMILES string of the molecule is Cc1ccc(S(=O)(=O)NCCn2cccn2)cc1N. The number of hydrogen-bond acceptors (Lipinski definition) is 4. The van der Waals surface area contributed by atoms with E-state index in [4.69, 9.17) is 5.73 Å². The zero-order chi connectivity index (χ0) is 13.9. The first-order chi connectivity index (χ1) is 8.99. The maximum absolute atomic E-state index is 12.0. The maximum Gasteiger partial charge on any atom is 0.240 e. The number of rotatable bonds is 5. The topological polar surface area (TPSA) is 90.0 Å². The molecule has 0 saturated carbocycles. The van der Waals surface area contributed by atoms with Crippen molar-refractivity contribution in [3.8, 4) is 0 Å². The second kappa shape index (κ2) is 5.41. The van der Waals surface area contributed by atoms with Crippen LogP contribution in [-0.4, -0.2) is 24.7 Å². The molecular weight excluding hydrogens is 264 g/mol. The third kappa shape index (κ3) is 3.33. The summed E-state index contributed by atoms with van der Waals surface area (Å²) in [5.41, 5.74) is 7.04. The van der Waals surface area contributed by atoms with Crippen LogP contribution in [0, 0.1) is 6.92 Å². The van der Waals surface area contributed by atoms with E-state index in [0.29, 0.717) is 12.2 Å². The summed E-state index contributed by atoms with van der Waals surface area (Å²) in [7, 11) is -3.52. The van der Waals surface area contributed by atoms with E-state index in [0.717, 1.165) is 5.56 Å². The molecule has 0 fully saturated rings. The molecule has 0 saturated heterocycles. The molecule has 2 rings (SSSR count). The van der Waals surface area contributed by atoms with Gasteiger partial charge in [-0.1, -0.05) is 6.07 Å². The lowest BCUT2D eigenvalue weighted by atomic mass is 10.2. The predicted molar refractivity (Wildman–Crippen MR) is 73.0 cm³/mol. The van der Waals surface area contributed by atoms with Crippen molar-refractivity contribution in [3.63, 3.8) is 0 Å². The van der Waals surface area contributed by atoms with Crippen LogP contribution < -0.4 is 10.5 Å². The monoisotopic (exact) mass is 280 g/mol. The Kier molecular flexibility index (Phi) is 3.87. The van der Waals surface area contributed by atoms with Gasteiger partial charge in [0.1, 0.15) is 0 Å². The molecule has 0 unspecified atom stereocenters. The summed E-state index contributed by atoms with van der Waals surface area (Å²) in [6.45, 7) is 2.59. The molecule has 0 atom stereocenters. The van der Waals surface area contributed by atoms with Crippen LogP contribution in [0.2, 0.25) is 0 Å². The third-order valence-corrected chi connectivity index (χ3v) is 4.21. The van der Waals surface area contributed by atoms with E-state index >= 15 is 0 Å².